The van der Waals surface area contributed by atoms with Crippen LogP contribution in [0.5, 0.6) is 0 Å². The quantitative estimate of drug-likeness (QED) is 0.530. The highest BCUT2D eigenvalue weighted by molar-refractivity contribution is 4.79. The summed E-state index contributed by atoms with van der Waals surface area (Å²) in [7, 11) is 2.18. The summed E-state index contributed by atoms with van der Waals surface area (Å²) in [6.45, 7) is 11.2. The summed E-state index contributed by atoms with van der Waals surface area (Å²) >= 11 is 0. The molecule has 0 aromatic heterocycles. The van der Waals surface area contributed by atoms with E-state index in [-0.39, 0.29) is 0 Å². The first-order valence-corrected chi connectivity index (χ1v) is 5.35. The molecule has 0 saturated carbocycles. The maximum Gasteiger partial charge on any atom is 0.0207 e. The number of likely N-dealkylation sites (tertiary alicyclic amines) is 1. The van der Waals surface area contributed by atoms with Crippen molar-refractivity contribution < 1.29 is 0 Å². The Morgan fingerprint density at radius 3 is 2.69 bits per heavy atom. The Morgan fingerprint density at radius 2 is 2.23 bits per heavy atom. The first kappa shape index (κ1) is 12.7. The van der Waals surface area contributed by atoms with Crippen LogP contribution >= 0.6 is 0 Å². The van der Waals surface area contributed by atoms with Crippen LogP contribution in [0.3, 0.4) is 0 Å². The zero-order valence-corrected chi connectivity index (χ0v) is 9.34. The minimum absolute atomic E-state index is 0.722. The Hall–Kier alpha value is -0.340. The van der Waals surface area contributed by atoms with Crippen molar-refractivity contribution in [2.45, 2.75) is 32.7 Å². The second kappa shape index (κ2) is 8.27. The Bertz CT molecular complexity index is 123. The fraction of sp³-hybridized carbons (Fsp3) is 0.818. The van der Waals surface area contributed by atoms with Gasteiger partial charge < -0.3 is 10.2 Å². The highest BCUT2D eigenvalue weighted by Crippen LogP contribution is 2.05. The van der Waals surface area contributed by atoms with E-state index in [9.17, 15) is 0 Å². The molecule has 2 heteroatoms. The highest BCUT2D eigenvalue weighted by Gasteiger charge is 2.17. The molecule has 1 fully saturated rings. The van der Waals surface area contributed by atoms with Gasteiger partial charge in [-0.05, 0) is 33.0 Å². The average Bonchev–Trinajstić information content (AvgIpc) is 2.56. The number of hydrogen-bond acceptors (Lipinski definition) is 2. The third-order valence-electron chi connectivity index (χ3n) is 2.17. The Balaban J connectivity index is 0.000000671. The van der Waals surface area contributed by atoms with E-state index in [4.69, 9.17) is 0 Å². The normalized spacial score (nSPS) is 22.2. The Labute approximate surface area is 83.0 Å². The molecule has 1 rings (SSSR count). The Morgan fingerprint density at radius 1 is 1.54 bits per heavy atom. The van der Waals surface area contributed by atoms with E-state index in [1.165, 1.54) is 19.5 Å². The van der Waals surface area contributed by atoms with Crippen LogP contribution in [0.1, 0.15) is 26.7 Å². The van der Waals surface area contributed by atoms with Crippen molar-refractivity contribution in [1.29, 1.82) is 0 Å². The molecule has 0 aromatic rings. The Kier molecular flexibility index (Phi) is 8.05. The smallest absolute Gasteiger partial charge is 0.0207 e. The van der Waals surface area contributed by atoms with Gasteiger partial charge in [0.2, 0.25) is 0 Å². The fourth-order valence-electron chi connectivity index (χ4n) is 1.49. The molecule has 0 aromatic carbocycles. The van der Waals surface area contributed by atoms with Gasteiger partial charge in [0.05, 0.1) is 0 Å². The summed E-state index contributed by atoms with van der Waals surface area (Å²) in [5.41, 5.74) is 0. The van der Waals surface area contributed by atoms with Crippen LogP contribution in [-0.4, -0.2) is 37.6 Å². The van der Waals surface area contributed by atoms with Crippen LogP contribution in [0.25, 0.3) is 0 Å². The van der Waals surface area contributed by atoms with Gasteiger partial charge >= 0.3 is 0 Å². The van der Waals surface area contributed by atoms with Gasteiger partial charge in [-0.1, -0.05) is 19.9 Å². The molecule has 1 atom stereocenters. The van der Waals surface area contributed by atoms with Gasteiger partial charge in [0, 0.05) is 12.6 Å². The molecule has 0 bridgehead atoms. The summed E-state index contributed by atoms with van der Waals surface area (Å²) in [5, 5.41) is 3.50. The molecule has 0 spiro atoms. The molecule has 1 heterocycles. The largest absolute Gasteiger partial charge is 0.312 e. The van der Waals surface area contributed by atoms with Crippen molar-refractivity contribution in [3.05, 3.63) is 12.7 Å². The predicted molar refractivity (Wildman–Crippen MR) is 60.1 cm³/mol. The first-order valence-electron chi connectivity index (χ1n) is 5.35. The minimum Gasteiger partial charge on any atom is -0.312 e. The number of nitrogens with one attached hydrogen (secondary N) is 1. The van der Waals surface area contributed by atoms with E-state index in [0.29, 0.717) is 0 Å². The van der Waals surface area contributed by atoms with Crippen molar-refractivity contribution in [3.63, 3.8) is 0 Å². The molecule has 1 unspecified atom stereocenters. The van der Waals surface area contributed by atoms with Gasteiger partial charge in [-0.25, -0.2) is 0 Å². The van der Waals surface area contributed by atoms with Gasteiger partial charge in [0.1, 0.15) is 0 Å². The zero-order chi connectivity index (χ0) is 10.1. The second-order valence-corrected chi connectivity index (χ2v) is 3.28. The van der Waals surface area contributed by atoms with Crippen molar-refractivity contribution in [3.8, 4) is 0 Å². The van der Waals surface area contributed by atoms with Crippen molar-refractivity contribution >= 4 is 0 Å². The number of nitrogens with zero attached hydrogens (tertiary/aromatic N) is 1. The zero-order valence-electron chi connectivity index (χ0n) is 9.34. The number of likely N-dealkylation sites (N-methyl/N-ethyl adjacent to an activating group) is 1. The van der Waals surface area contributed by atoms with E-state index in [1.54, 1.807) is 0 Å². The molecule has 1 N–H and O–H groups in total. The summed E-state index contributed by atoms with van der Waals surface area (Å²) < 4.78 is 0. The van der Waals surface area contributed by atoms with Crippen molar-refractivity contribution in [1.82, 2.24) is 10.2 Å². The monoisotopic (exact) mass is 184 g/mol. The summed E-state index contributed by atoms with van der Waals surface area (Å²) in [6, 6.07) is 0.722. The predicted octanol–water partition coefficient (Wildman–Crippen LogP) is 1.88. The lowest BCUT2D eigenvalue weighted by atomic mass is 10.2. The van der Waals surface area contributed by atoms with Crippen LogP contribution in [0.2, 0.25) is 0 Å². The van der Waals surface area contributed by atoms with E-state index in [2.05, 4.69) is 23.8 Å². The molecular formula is C11H24N2. The van der Waals surface area contributed by atoms with Gasteiger partial charge in [0.25, 0.3) is 0 Å². The summed E-state index contributed by atoms with van der Waals surface area (Å²) in [6.07, 6.45) is 4.35. The van der Waals surface area contributed by atoms with E-state index in [0.717, 1.165) is 19.0 Å². The van der Waals surface area contributed by atoms with Gasteiger partial charge in [0.15, 0.2) is 0 Å². The van der Waals surface area contributed by atoms with E-state index in [1.807, 2.05) is 19.9 Å². The van der Waals surface area contributed by atoms with E-state index >= 15 is 0 Å². The van der Waals surface area contributed by atoms with Crippen LogP contribution in [0, 0.1) is 0 Å². The number of hydrogen-bond donors (Lipinski definition) is 1. The summed E-state index contributed by atoms with van der Waals surface area (Å²) in [5.74, 6) is 0. The molecule has 0 aliphatic carbocycles. The van der Waals surface area contributed by atoms with Crippen molar-refractivity contribution in [2.24, 2.45) is 0 Å². The maximum absolute atomic E-state index is 3.69. The fourth-order valence-corrected chi connectivity index (χ4v) is 1.49. The van der Waals surface area contributed by atoms with Crippen LogP contribution < -0.4 is 5.32 Å². The molecule has 78 valence electrons. The van der Waals surface area contributed by atoms with Crippen LogP contribution in [0.4, 0.5) is 0 Å². The average molecular weight is 184 g/mol. The van der Waals surface area contributed by atoms with Gasteiger partial charge in [-0.2, -0.15) is 0 Å². The third kappa shape index (κ3) is 5.83. The lowest BCUT2D eigenvalue weighted by molar-refractivity contribution is 0.399. The molecular weight excluding hydrogens is 160 g/mol. The van der Waals surface area contributed by atoms with Gasteiger partial charge in [-0.3, -0.25) is 0 Å². The lowest BCUT2D eigenvalue weighted by Crippen LogP contribution is -2.31. The third-order valence-corrected chi connectivity index (χ3v) is 2.17. The lowest BCUT2D eigenvalue weighted by Gasteiger charge is -2.11. The standard InChI is InChI=1S/C9H18N2.C2H6/c1-3-4-6-10-9-5-7-11(2)8-9;1-2/h3,9-10H,1,4-8H2,2H3;1-2H3. The second-order valence-electron chi connectivity index (χ2n) is 3.28. The highest BCUT2D eigenvalue weighted by atomic mass is 15.2. The minimum atomic E-state index is 0.722. The topological polar surface area (TPSA) is 15.3 Å². The van der Waals surface area contributed by atoms with E-state index < -0.39 is 0 Å². The molecule has 2 nitrogen and oxygen atoms in total. The van der Waals surface area contributed by atoms with Gasteiger partial charge in [-0.15, -0.1) is 6.58 Å². The molecule has 1 saturated heterocycles. The first-order chi connectivity index (χ1) is 6.33. The molecule has 0 radical (unpaired) electrons. The number of rotatable bonds is 4. The summed E-state index contributed by atoms with van der Waals surface area (Å²) in [4.78, 5) is 2.37. The SMILES string of the molecule is C=CCCNC1CCN(C)C1.CC. The van der Waals surface area contributed by atoms with Crippen molar-refractivity contribution in [2.75, 3.05) is 26.7 Å². The molecule has 0 amide bonds. The molecule has 1 aliphatic heterocycles. The molecule has 13 heavy (non-hydrogen) atoms. The maximum atomic E-state index is 3.69. The van der Waals surface area contributed by atoms with Crippen LogP contribution in [0.15, 0.2) is 12.7 Å². The van der Waals surface area contributed by atoms with Crippen LogP contribution in [-0.2, 0) is 0 Å². The molecule has 1 aliphatic rings.